The second-order valence-corrected chi connectivity index (χ2v) is 7.55. The summed E-state index contributed by atoms with van der Waals surface area (Å²) in [5, 5.41) is 14.4. The van der Waals surface area contributed by atoms with Crippen molar-refractivity contribution in [3.8, 4) is 0 Å². The molecule has 0 fully saturated rings. The zero-order valence-corrected chi connectivity index (χ0v) is 17.1. The van der Waals surface area contributed by atoms with Gasteiger partial charge in [0.25, 0.3) is 5.91 Å². The molecule has 0 aliphatic carbocycles. The van der Waals surface area contributed by atoms with E-state index in [-0.39, 0.29) is 12.5 Å². The number of hydrogen-bond donors (Lipinski definition) is 2. The lowest BCUT2D eigenvalue weighted by atomic mass is 9.87. The molecule has 1 atom stereocenters. The number of carbonyl (C=O) groups excluding carboxylic acids is 2. The number of rotatable bonds is 5. The zero-order chi connectivity index (χ0) is 21.3. The predicted molar refractivity (Wildman–Crippen MR) is 117 cm³/mol. The van der Waals surface area contributed by atoms with Crippen LogP contribution in [0.2, 0.25) is 0 Å². The van der Waals surface area contributed by atoms with Gasteiger partial charge in [-0.1, -0.05) is 73.2 Å². The second kappa shape index (κ2) is 7.76. The SMILES string of the molecule is CCc1ccccc1NC(=O)CN1C(=O)C(O)(c2cccc(C)c2)c2ccccc21. The van der Waals surface area contributed by atoms with E-state index in [0.29, 0.717) is 16.8 Å². The second-order valence-electron chi connectivity index (χ2n) is 7.55. The van der Waals surface area contributed by atoms with E-state index in [9.17, 15) is 14.7 Å². The van der Waals surface area contributed by atoms with Gasteiger partial charge in [0.15, 0.2) is 5.60 Å². The highest BCUT2D eigenvalue weighted by molar-refractivity contribution is 6.12. The minimum atomic E-state index is -1.82. The van der Waals surface area contributed by atoms with Gasteiger partial charge in [-0.3, -0.25) is 14.5 Å². The molecule has 0 bridgehead atoms. The van der Waals surface area contributed by atoms with Gasteiger partial charge >= 0.3 is 0 Å². The Morgan fingerprint density at radius 1 is 1.03 bits per heavy atom. The summed E-state index contributed by atoms with van der Waals surface area (Å²) in [6.07, 6.45) is 0.787. The topological polar surface area (TPSA) is 69.6 Å². The number of nitrogens with zero attached hydrogens (tertiary/aromatic N) is 1. The Bertz CT molecular complexity index is 1120. The van der Waals surface area contributed by atoms with Crippen LogP contribution in [0.4, 0.5) is 11.4 Å². The van der Waals surface area contributed by atoms with Crippen LogP contribution in [-0.2, 0) is 21.6 Å². The summed E-state index contributed by atoms with van der Waals surface area (Å²) in [5.41, 5.74) is 2.42. The molecule has 3 aromatic rings. The van der Waals surface area contributed by atoms with Crippen molar-refractivity contribution in [1.82, 2.24) is 0 Å². The first-order valence-electron chi connectivity index (χ1n) is 10.0. The lowest BCUT2D eigenvalue weighted by Crippen LogP contribution is -2.44. The number of carbonyl (C=O) groups is 2. The standard InChI is InChI=1S/C25H24N2O3/c1-3-18-10-4-6-13-21(18)26-23(28)16-27-22-14-7-5-12-20(22)25(30,24(27)29)19-11-8-9-17(2)15-19/h4-15,30H,3,16H2,1-2H3,(H,26,28). The van der Waals surface area contributed by atoms with Gasteiger partial charge in [0, 0.05) is 11.3 Å². The van der Waals surface area contributed by atoms with E-state index in [4.69, 9.17) is 0 Å². The summed E-state index contributed by atoms with van der Waals surface area (Å²) in [6, 6.07) is 21.9. The third kappa shape index (κ3) is 3.27. The van der Waals surface area contributed by atoms with Crippen LogP contribution in [0.3, 0.4) is 0 Å². The van der Waals surface area contributed by atoms with Gasteiger partial charge in [-0.05, 0) is 36.6 Å². The van der Waals surface area contributed by atoms with Gasteiger partial charge < -0.3 is 10.4 Å². The van der Waals surface area contributed by atoms with Gasteiger partial charge in [0.1, 0.15) is 6.54 Å². The first-order chi connectivity index (χ1) is 14.4. The van der Waals surface area contributed by atoms with Crippen LogP contribution < -0.4 is 10.2 Å². The molecule has 1 aliphatic heterocycles. The molecule has 2 N–H and O–H groups in total. The lowest BCUT2D eigenvalue weighted by molar-refractivity contribution is -0.133. The van der Waals surface area contributed by atoms with E-state index in [0.717, 1.165) is 23.2 Å². The molecule has 2 amide bonds. The first kappa shape index (κ1) is 19.9. The Kier molecular flexibility index (Phi) is 5.14. The molecule has 4 rings (SSSR count). The number of aliphatic hydroxyl groups is 1. The molecular weight excluding hydrogens is 376 g/mol. The minimum absolute atomic E-state index is 0.179. The minimum Gasteiger partial charge on any atom is -0.372 e. The molecule has 1 heterocycles. The number of para-hydroxylation sites is 2. The Labute approximate surface area is 176 Å². The third-order valence-corrected chi connectivity index (χ3v) is 5.55. The van der Waals surface area contributed by atoms with E-state index in [1.54, 1.807) is 36.4 Å². The monoisotopic (exact) mass is 400 g/mol. The summed E-state index contributed by atoms with van der Waals surface area (Å²) in [6.45, 7) is 3.75. The smallest absolute Gasteiger partial charge is 0.268 e. The highest BCUT2D eigenvalue weighted by Gasteiger charge is 2.51. The highest BCUT2D eigenvalue weighted by Crippen LogP contribution is 2.44. The maximum atomic E-state index is 13.4. The number of hydrogen-bond acceptors (Lipinski definition) is 3. The van der Waals surface area contributed by atoms with Crippen molar-refractivity contribution in [2.75, 3.05) is 16.8 Å². The van der Waals surface area contributed by atoms with Crippen LogP contribution in [0.5, 0.6) is 0 Å². The average Bonchev–Trinajstić information content (AvgIpc) is 2.97. The Hall–Kier alpha value is -3.44. The molecule has 3 aromatic carbocycles. The van der Waals surface area contributed by atoms with Crippen molar-refractivity contribution in [2.45, 2.75) is 25.9 Å². The van der Waals surface area contributed by atoms with E-state index >= 15 is 0 Å². The molecule has 5 nitrogen and oxygen atoms in total. The largest absolute Gasteiger partial charge is 0.372 e. The van der Waals surface area contributed by atoms with Crippen molar-refractivity contribution in [3.05, 3.63) is 95.1 Å². The van der Waals surface area contributed by atoms with Crippen LogP contribution >= 0.6 is 0 Å². The van der Waals surface area contributed by atoms with E-state index < -0.39 is 11.5 Å². The van der Waals surface area contributed by atoms with Crippen molar-refractivity contribution < 1.29 is 14.7 Å². The normalized spacial score (nSPS) is 17.7. The number of benzene rings is 3. The number of anilines is 2. The summed E-state index contributed by atoms with van der Waals surface area (Å²) in [7, 11) is 0. The van der Waals surface area contributed by atoms with Gasteiger partial charge in [0.05, 0.1) is 5.69 Å². The molecule has 1 aliphatic rings. The molecule has 0 radical (unpaired) electrons. The Morgan fingerprint density at radius 3 is 2.53 bits per heavy atom. The Balaban J connectivity index is 1.66. The third-order valence-electron chi connectivity index (χ3n) is 5.55. The van der Waals surface area contributed by atoms with Crippen LogP contribution in [0, 0.1) is 6.92 Å². The van der Waals surface area contributed by atoms with E-state index in [2.05, 4.69) is 5.32 Å². The maximum absolute atomic E-state index is 13.4. The van der Waals surface area contributed by atoms with Crippen molar-refractivity contribution in [3.63, 3.8) is 0 Å². The molecule has 5 heteroatoms. The molecule has 152 valence electrons. The number of fused-ring (bicyclic) bond motifs is 1. The summed E-state index contributed by atoms with van der Waals surface area (Å²) < 4.78 is 0. The predicted octanol–water partition coefficient (Wildman–Crippen LogP) is 3.78. The van der Waals surface area contributed by atoms with Crippen LogP contribution in [0.15, 0.2) is 72.8 Å². The molecule has 1 unspecified atom stereocenters. The maximum Gasteiger partial charge on any atom is 0.268 e. The zero-order valence-electron chi connectivity index (χ0n) is 17.1. The van der Waals surface area contributed by atoms with Gasteiger partial charge in [-0.2, -0.15) is 0 Å². The molecule has 30 heavy (non-hydrogen) atoms. The molecule has 0 spiro atoms. The fourth-order valence-corrected chi connectivity index (χ4v) is 4.02. The number of aryl methyl sites for hydroxylation is 2. The fourth-order valence-electron chi connectivity index (χ4n) is 4.02. The van der Waals surface area contributed by atoms with Crippen LogP contribution in [-0.4, -0.2) is 23.5 Å². The number of nitrogens with one attached hydrogen (secondary N) is 1. The molecule has 0 aromatic heterocycles. The fraction of sp³-hybridized carbons (Fsp3) is 0.200. The van der Waals surface area contributed by atoms with E-state index in [1.165, 1.54) is 4.90 Å². The van der Waals surface area contributed by atoms with Crippen LogP contribution in [0.25, 0.3) is 0 Å². The Morgan fingerprint density at radius 2 is 1.77 bits per heavy atom. The first-order valence-corrected chi connectivity index (χ1v) is 10.0. The van der Waals surface area contributed by atoms with Gasteiger partial charge in [-0.15, -0.1) is 0 Å². The highest BCUT2D eigenvalue weighted by atomic mass is 16.3. The summed E-state index contributed by atoms with van der Waals surface area (Å²) >= 11 is 0. The van der Waals surface area contributed by atoms with E-state index in [1.807, 2.05) is 50.2 Å². The van der Waals surface area contributed by atoms with Gasteiger partial charge in [0.2, 0.25) is 5.91 Å². The molecule has 0 saturated heterocycles. The average molecular weight is 400 g/mol. The molecule has 0 saturated carbocycles. The van der Waals surface area contributed by atoms with Crippen molar-refractivity contribution in [2.24, 2.45) is 0 Å². The van der Waals surface area contributed by atoms with Gasteiger partial charge in [-0.25, -0.2) is 0 Å². The quantitative estimate of drug-likeness (QED) is 0.685. The van der Waals surface area contributed by atoms with Crippen molar-refractivity contribution >= 4 is 23.2 Å². The number of amides is 2. The molecular formula is C25H24N2O3. The summed E-state index contributed by atoms with van der Waals surface area (Å²) in [5.74, 6) is -0.833. The van der Waals surface area contributed by atoms with Crippen LogP contribution in [0.1, 0.15) is 29.2 Å². The summed E-state index contributed by atoms with van der Waals surface area (Å²) in [4.78, 5) is 27.6. The van der Waals surface area contributed by atoms with Crippen molar-refractivity contribution in [1.29, 1.82) is 0 Å². The lowest BCUT2D eigenvalue weighted by Gasteiger charge is -2.24.